The van der Waals surface area contributed by atoms with Crippen molar-refractivity contribution in [2.75, 3.05) is 13.7 Å². The van der Waals surface area contributed by atoms with Crippen molar-refractivity contribution in [2.24, 2.45) is 0 Å². The highest BCUT2D eigenvalue weighted by Crippen LogP contribution is 2.35. The quantitative estimate of drug-likeness (QED) is 0.420. The van der Waals surface area contributed by atoms with Crippen LogP contribution in [0.15, 0.2) is 60.8 Å². The van der Waals surface area contributed by atoms with Crippen LogP contribution < -0.4 is 14.8 Å². The lowest BCUT2D eigenvalue weighted by Gasteiger charge is -2.16. The molecule has 2 aromatic carbocycles. The zero-order chi connectivity index (χ0) is 20.8. The van der Waals surface area contributed by atoms with E-state index in [4.69, 9.17) is 9.47 Å². The summed E-state index contributed by atoms with van der Waals surface area (Å²) in [6, 6.07) is 13.1. The van der Waals surface area contributed by atoms with Crippen LogP contribution in [0, 0.1) is 0 Å². The van der Waals surface area contributed by atoms with Gasteiger partial charge >= 0.3 is 6.03 Å². The highest BCUT2D eigenvalue weighted by atomic mass is 16.5. The predicted molar refractivity (Wildman–Crippen MR) is 112 cm³/mol. The lowest BCUT2D eigenvalue weighted by molar-refractivity contribution is -0.122. The number of rotatable bonds is 8. The number of urea groups is 1. The summed E-state index contributed by atoms with van der Waals surface area (Å²) in [4.78, 5) is 25.4. The number of amides is 3. The van der Waals surface area contributed by atoms with E-state index in [1.54, 1.807) is 32.3 Å². The Hall–Kier alpha value is -3.54. The zero-order valence-corrected chi connectivity index (χ0v) is 16.6. The van der Waals surface area contributed by atoms with Crippen molar-refractivity contribution in [1.29, 1.82) is 0 Å². The summed E-state index contributed by atoms with van der Waals surface area (Å²) in [6.07, 6.45) is 3.99. The Morgan fingerprint density at radius 3 is 2.55 bits per heavy atom. The molecule has 6 nitrogen and oxygen atoms in total. The number of imide groups is 1. The van der Waals surface area contributed by atoms with E-state index in [0.29, 0.717) is 31.1 Å². The SMILES string of the molecule is C=CCc1cc(/C=C2\NC(=O)N(CC)C2=O)cc(OC)c1OCc1ccccc1. The van der Waals surface area contributed by atoms with E-state index < -0.39 is 6.03 Å². The Morgan fingerprint density at radius 2 is 1.93 bits per heavy atom. The molecule has 3 rings (SSSR count). The third kappa shape index (κ3) is 4.48. The maximum Gasteiger partial charge on any atom is 0.328 e. The number of hydrogen-bond donors (Lipinski definition) is 1. The van der Waals surface area contributed by atoms with Gasteiger partial charge in [0.05, 0.1) is 7.11 Å². The van der Waals surface area contributed by atoms with Crippen LogP contribution in [0.25, 0.3) is 6.08 Å². The minimum atomic E-state index is -0.412. The second-order valence-electron chi connectivity index (χ2n) is 6.52. The average molecular weight is 392 g/mol. The number of ether oxygens (including phenoxy) is 2. The average Bonchev–Trinajstić information content (AvgIpc) is 3.00. The number of carbonyl (C=O) groups is 2. The van der Waals surface area contributed by atoms with E-state index in [-0.39, 0.29) is 11.6 Å². The van der Waals surface area contributed by atoms with E-state index in [1.165, 1.54) is 0 Å². The fraction of sp³-hybridized carbons (Fsp3) is 0.217. The molecule has 1 fully saturated rings. The summed E-state index contributed by atoms with van der Waals surface area (Å²) < 4.78 is 11.6. The molecule has 0 saturated carbocycles. The molecule has 29 heavy (non-hydrogen) atoms. The first-order valence-electron chi connectivity index (χ1n) is 9.40. The van der Waals surface area contributed by atoms with Gasteiger partial charge in [-0.15, -0.1) is 6.58 Å². The summed E-state index contributed by atoms with van der Waals surface area (Å²) in [5.41, 5.74) is 2.89. The highest BCUT2D eigenvalue weighted by molar-refractivity contribution is 6.13. The Kier molecular flexibility index (Phi) is 6.34. The van der Waals surface area contributed by atoms with Gasteiger partial charge in [0.2, 0.25) is 0 Å². The molecular weight excluding hydrogens is 368 g/mol. The molecule has 0 bridgehead atoms. The van der Waals surface area contributed by atoms with Gasteiger partial charge in [-0.1, -0.05) is 36.4 Å². The van der Waals surface area contributed by atoms with Crippen LogP contribution in [-0.2, 0) is 17.8 Å². The minimum Gasteiger partial charge on any atom is -0.493 e. The second-order valence-corrected chi connectivity index (χ2v) is 6.52. The van der Waals surface area contributed by atoms with Crippen molar-refractivity contribution in [3.8, 4) is 11.5 Å². The van der Waals surface area contributed by atoms with Gasteiger partial charge < -0.3 is 14.8 Å². The van der Waals surface area contributed by atoms with E-state index in [1.807, 2.05) is 36.4 Å². The molecule has 6 heteroatoms. The van der Waals surface area contributed by atoms with Gasteiger partial charge in [0.25, 0.3) is 5.91 Å². The smallest absolute Gasteiger partial charge is 0.328 e. The van der Waals surface area contributed by atoms with Crippen LogP contribution in [0.4, 0.5) is 4.79 Å². The second kappa shape index (κ2) is 9.10. The van der Waals surface area contributed by atoms with Crippen molar-refractivity contribution in [2.45, 2.75) is 20.0 Å². The van der Waals surface area contributed by atoms with Crippen LogP contribution in [0.2, 0.25) is 0 Å². The Balaban J connectivity index is 1.93. The first kappa shape index (κ1) is 20.2. The number of carbonyl (C=O) groups excluding carboxylic acids is 2. The molecular formula is C23H24N2O4. The number of hydrogen-bond acceptors (Lipinski definition) is 4. The van der Waals surface area contributed by atoms with E-state index >= 15 is 0 Å². The zero-order valence-electron chi connectivity index (χ0n) is 16.6. The molecule has 0 aromatic heterocycles. The van der Waals surface area contributed by atoms with Gasteiger partial charge in [-0.25, -0.2) is 4.79 Å². The maximum absolute atomic E-state index is 12.3. The number of allylic oxidation sites excluding steroid dienone is 1. The minimum absolute atomic E-state index is 0.237. The summed E-state index contributed by atoms with van der Waals surface area (Å²) >= 11 is 0. The van der Waals surface area contributed by atoms with Crippen molar-refractivity contribution >= 4 is 18.0 Å². The molecule has 2 aromatic rings. The topological polar surface area (TPSA) is 67.9 Å². The lowest BCUT2D eigenvalue weighted by atomic mass is 10.0. The molecule has 0 radical (unpaired) electrons. The van der Waals surface area contributed by atoms with E-state index in [9.17, 15) is 9.59 Å². The Morgan fingerprint density at radius 1 is 1.17 bits per heavy atom. The molecule has 1 aliphatic rings. The van der Waals surface area contributed by atoms with Crippen molar-refractivity contribution in [1.82, 2.24) is 10.2 Å². The van der Waals surface area contributed by atoms with Gasteiger partial charge in [-0.3, -0.25) is 9.69 Å². The lowest BCUT2D eigenvalue weighted by Crippen LogP contribution is -2.30. The van der Waals surface area contributed by atoms with Gasteiger partial charge in [-0.05, 0) is 42.7 Å². The van der Waals surface area contributed by atoms with Gasteiger partial charge in [0.1, 0.15) is 12.3 Å². The van der Waals surface area contributed by atoms with Crippen LogP contribution >= 0.6 is 0 Å². The maximum atomic E-state index is 12.3. The summed E-state index contributed by atoms with van der Waals surface area (Å²) in [5.74, 6) is 0.845. The molecule has 1 heterocycles. The van der Waals surface area contributed by atoms with Gasteiger partial charge in [-0.2, -0.15) is 0 Å². The predicted octanol–water partition coefficient (Wildman–Crippen LogP) is 3.92. The standard InChI is InChI=1S/C23H24N2O4/c1-4-9-18-12-17(13-19-22(26)25(5-2)23(27)24-19)14-20(28-3)21(18)29-15-16-10-7-6-8-11-16/h4,6-8,10-14H,1,5,9,15H2,2-3H3,(H,24,27)/b19-13-. The van der Waals surface area contributed by atoms with Gasteiger partial charge in [0.15, 0.2) is 11.5 Å². The van der Waals surface area contributed by atoms with E-state index in [2.05, 4.69) is 11.9 Å². The fourth-order valence-corrected chi connectivity index (χ4v) is 3.14. The molecule has 0 aliphatic carbocycles. The Labute approximate surface area is 170 Å². The monoisotopic (exact) mass is 392 g/mol. The van der Waals surface area contributed by atoms with Crippen LogP contribution in [0.1, 0.15) is 23.6 Å². The largest absolute Gasteiger partial charge is 0.493 e. The van der Waals surface area contributed by atoms with Crippen molar-refractivity contribution < 1.29 is 19.1 Å². The summed E-state index contributed by atoms with van der Waals surface area (Å²) in [6.45, 7) is 6.30. The normalized spacial score (nSPS) is 14.8. The summed E-state index contributed by atoms with van der Waals surface area (Å²) in [7, 11) is 1.57. The van der Waals surface area contributed by atoms with E-state index in [0.717, 1.165) is 21.6 Å². The molecule has 1 aliphatic heterocycles. The number of methoxy groups -OCH3 is 1. The van der Waals surface area contributed by atoms with Crippen LogP contribution in [0.5, 0.6) is 11.5 Å². The third-order valence-corrected chi connectivity index (χ3v) is 4.55. The molecule has 3 amide bonds. The molecule has 0 spiro atoms. The first-order chi connectivity index (χ1) is 14.1. The number of likely N-dealkylation sites (N-methyl/N-ethyl adjacent to an activating group) is 1. The molecule has 1 saturated heterocycles. The fourth-order valence-electron chi connectivity index (χ4n) is 3.14. The van der Waals surface area contributed by atoms with Crippen molar-refractivity contribution in [3.63, 3.8) is 0 Å². The van der Waals surface area contributed by atoms with Gasteiger partial charge in [0, 0.05) is 12.1 Å². The highest BCUT2D eigenvalue weighted by Gasteiger charge is 2.32. The number of benzene rings is 2. The molecule has 150 valence electrons. The first-order valence-corrected chi connectivity index (χ1v) is 9.40. The molecule has 1 N–H and O–H groups in total. The van der Waals surface area contributed by atoms with Crippen LogP contribution in [-0.4, -0.2) is 30.5 Å². The van der Waals surface area contributed by atoms with Crippen LogP contribution in [0.3, 0.4) is 0 Å². The number of nitrogens with one attached hydrogen (secondary N) is 1. The molecule has 0 unspecified atom stereocenters. The molecule has 0 atom stereocenters. The Bertz CT molecular complexity index is 951. The summed E-state index contributed by atoms with van der Waals surface area (Å²) in [5, 5.41) is 2.61. The van der Waals surface area contributed by atoms with Crippen molar-refractivity contribution in [3.05, 3.63) is 77.5 Å². The third-order valence-electron chi connectivity index (χ3n) is 4.55. The number of nitrogens with zero attached hydrogens (tertiary/aromatic N) is 1.